The number of para-hydroxylation sites is 1. The lowest BCUT2D eigenvalue weighted by Crippen LogP contribution is -1.79. The van der Waals surface area contributed by atoms with Crippen LogP contribution in [0.1, 0.15) is 5.56 Å². The van der Waals surface area contributed by atoms with E-state index >= 15 is 0 Å². The first-order valence-corrected chi connectivity index (χ1v) is 5.97. The van der Waals surface area contributed by atoms with Crippen LogP contribution in [0.25, 0.3) is 22.2 Å². The van der Waals surface area contributed by atoms with Gasteiger partial charge in [0.25, 0.3) is 0 Å². The van der Waals surface area contributed by atoms with Crippen LogP contribution < -0.4 is 0 Å². The maximum absolute atomic E-state index is 6.21. The highest BCUT2D eigenvalue weighted by Gasteiger charge is 2.07. The van der Waals surface area contributed by atoms with Gasteiger partial charge < -0.3 is 4.98 Å². The van der Waals surface area contributed by atoms with Gasteiger partial charge in [-0.15, -0.1) is 0 Å². The minimum absolute atomic E-state index is 0.775. The Balaban J connectivity index is 2.26. The molecule has 17 heavy (non-hydrogen) atoms. The minimum Gasteiger partial charge on any atom is -0.354 e. The van der Waals surface area contributed by atoms with E-state index in [0.29, 0.717) is 0 Å². The highest BCUT2D eigenvalue weighted by molar-refractivity contribution is 6.33. The summed E-state index contributed by atoms with van der Waals surface area (Å²) in [7, 11) is 0. The molecule has 0 saturated heterocycles. The molecule has 0 spiro atoms. The van der Waals surface area contributed by atoms with Crippen molar-refractivity contribution in [3.8, 4) is 11.3 Å². The van der Waals surface area contributed by atoms with Crippen molar-refractivity contribution < 1.29 is 0 Å². The number of aryl methyl sites for hydroxylation is 1. The number of benzene rings is 2. The Morgan fingerprint density at radius 1 is 1.00 bits per heavy atom. The normalized spacial score (nSPS) is 10.9. The van der Waals surface area contributed by atoms with Crippen LogP contribution in [0.3, 0.4) is 0 Å². The highest BCUT2D eigenvalue weighted by atomic mass is 35.5. The summed E-state index contributed by atoms with van der Waals surface area (Å²) < 4.78 is 0. The van der Waals surface area contributed by atoms with Gasteiger partial charge in [0.05, 0.1) is 0 Å². The molecule has 1 N–H and O–H groups in total. The molecule has 0 atom stereocenters. The average molecular weight is 242 g/mol. The van der Waals surface area contributed by atoms with Crippen LogP contribution in [0.2, 0.25) is 5.02 Å². The summed E-state index contributed by atoms with van der Waals surface area (Å²) in [4.78, 5) is 3.44. The van der Waals surface area contributed by atoms with Crippen molar-refractivity contribution in [2.24, 2.45) is 0 Å². The van der Waals surface area contributed by atoms with E-state index in [1.807, 2.05) is 24.3 Å². The summed E-state index contributed by atoms with van der Waals surface area (Å²) >= 11 is 6.21. The highest BCUT2D eigenvalue weighted by Crippen LogP contribution is 2.30. The van der Waals surface area contributed by atoms with Crippen molar-refractivity contribution in [2.45, 2.75) is 6.92 Å². The second-order valence-electron chi connectivity index (χ2n) is 4.20. The predicted octanol–water partition coefficient (Wildman–Crippen LogP) is 4.80. The number of nitrogens with one attached hydrogen (secondary N) is 1. The molecule has 1 nitrogen and oxygen atoms in total. The molecule has 0 amide bonds. The van der Waals surface area contributed by atoms with Gasteiger partial charge in [-0.05, 0) is 24.6 Å². The molecular formula is C15H12ClN. The van der Waals surface area contributed by atoms with E-state index < -0.39 is 0 Å². The number of rotatable bonds is 1. The Kier molecular flexibility index (Phi) is 2.41. The van der Waals surface area contributed by atoms with Gasteiger partial charge in [-0.2, -0.15) is 0 Å². The second-order valence-corrected chi connectivity index (χ2v) is 4.61. The topological polar surface area (TPSA) is 15.8 Å². The number of halogens is 1. The molecule has 1 aromatic heterocycles. The standard InChI is InChI=1S/C15H12ClN/c1-10-5-4-6-11-9-14(17-15(10)11)12-7-2-3-8-13(12)16/h2-9,17H,1H3. The Morgan fingerprint density at radius 2 is 1.82 bits per heavy atom. The molecule has 0 unspecified atom stereocenters. The lowest BCUT2D eigenvalue weighted by atomic mass is 10.1. The Hall–Kier alpha value is -1.73. The predicted molar refractivity (Wildman–Crippen MR) is 73.5 cm³/mol. The molecule has 0 saturated carbocycles. The molecule has 84 valence electrons. The summed E-state index contributed by atoms with van der Waals surface area (Å²) in [6.45, 7) is 2.11. The maximum Gasteiger partial charge on any atom is 0.0499 e. The van der Waals surface area contributed by atoms with Crippen LogP contribution >= 0.6 is 11.6 Å². The third-order valence-electron chi connectivity index (χ3n) is 3.03. The second kappa shape index (κ2) is 3.94. The molecule has 2 aromatic carbocycles. The summed E-state index contributed by atoms with van der Waals surface area (Å²) in [5.41, 5.74) is 4.55. The van der Waals surface area contributed by atoms with Crippen molar-refractivity contribution >= 4 is 22.5 Å². The third kappa shape index (κ3) is 1.73. The zero-order valence-corrected chi connectivity index (χ0v) is 10.3. The molecule has 0 fully saturated rings. The van der Waals surface area contributed by atoms with Gasteiger partial charge in [0.1, 0.15) is 0 Å². The summed E-state index contributed by atoms with van der Waals surface area (Å²) in [5, 5.41) is 2.00. The molecule has 0 bridgehead atoms. The largest absolute Gasteiger partial charge is 0.354 e. The van der Waals surface area contributed by atoms with E-state index in [4.69, 9.17) is 11.6 Å². The van der Waals surface area contributed by atoms with Crippen LogP contribution in [0.4, 0.5) is 0 Å². The summed E-state index contributed by atoms with van der Waals surface area (Å²) in [5.74, 6) is 0. The van der Waals surface area contributed by atoms with Crippen LogP contribution in [-0.2, 0) is 0 Å². The fourth-order valence-corrected chi connectivity index (χ4v) is 2.37. The van der Waals surface area contributed by atoms with Gasteiger partial charge in [-0.25, -0.2) is 0 Å². The molecule has 3 aromatic rings. The number of aromatic nitrogens is 1. The lowest BCUT2D eigenvalue weighted by Gasteiger charge is -2.00. The average Bonchev–Trinajstić information content (AvgIpc) is 2.75. The van der Waals surface area contributed by atoms with Gasteiger partial charge in [0.15, 0.2) is 0 Å². The Morgan fingerprint density at radius 3 is 2.59 bits per heavy atom. The van der Waals surface area contributed by atoms with Crippen LogP contribution in [-0.4, -0.2) is 4.98 Å². The van der Waals surface area contributed by atoms with E-state index in [9.17, 15) is 0 Å². The molecule has 0 aliphatic heterocycles. The summed E-state index contributed by atoms with van der Waals surface area (Å²) in [6.07, 6.45) is 0. The number of H-pyrrole nitrogens is 1. The van der Waals surface area contributed by atoms with Crippen molar-refractivity contribution in [2.75, 3.05) is 0 Å². The lowest BCUT2D eigenvalue weighted by molar-refractivity contribution is 1.41. The first-order valence-electron chi connectivity index (χ1n) is 5.59. The quantitative estimate of drug-likeness (QED) is 0.630. The van der Waals surface area contributed by atoms with E-state index in [1.165, 1.54) is 16.5 Å². The van der Waals surface area contributed by atoms with E-state index in [-0.39, 0.29) is 0 Å². The molecular weight excluding hydrogens is 230 g/mol. The molecule has 3 rings (SSSR count). The molecule has 0 aliphatic rings. The van der Waals surface area contributed by atoms with Gasteiger partial charge in [-0.3, -0.25) is 0 Å². The third-order valence-corrected chi connectivity index (χ3v) is 3.36. The van der Waals surface area contributed by atoms with Crippen molar-refractivity contribution in [1.82, 2.24) is 4.98 Å². The first kappa shape index (κ1) is 10.4. The zero-order valence-electron chi connectivity index (χ0n) is 9.50. The van der Waals surface area contributed by atoms with Gasteiger partial charge in [0.2, 0.25) is 0 Å². The smallest absolute Gasteiger partial charge is 0.0499 e. The van der Waals surface area contributed by atoms with Crippen molar-refractivity contribution in [3.05, 3.63) is 59.1 Å². The molecule has 0 aliphatic carbocycles. The van der Waals surface area contributed by atoms with Crippen LogP contribution in [0.5, 0.6) is 0 Å². The number of hydrogen-bond donors (Lipinski definition) is 1. The van der Waals surface area contributed by atoms with E-state index in [0.717, 1.165) is 16.3 Å². The zero-order chi connectivity index (χ0) is 11.8. The van der Waals surface area contributed by atoms with E-state index in [2.05, 4.69) is 36.2 Å². The van der Waals surface area contributed by atoms with Crippen LogP contribution in [0.15, 0.2) is 48.5 Å². The van der Waals surface area contributed by atoms with E-state index in [1.54, 1.807) is 0 Å². The SMILES string of the molecule is Cc1cccc2cc(-c3ccccc3Cl)[nH]c12. The van der Waals surface area contributed by atoms with Crippen molar-refractivity contribution in [3.63, 3.8) is 0 Å². The first-order chi connectivity index (χ1) is 8.25. The molecule has 2 heteroatoms. The van der Waals surface area contributed by atoms with Gasteiger partial charge in [0, 0.05) is 27.2 Å². The van der Waals surface area contributed by atoms with Gasteiger partial charge in [-0.1, -0.05) is 48.0 Å². The number of aromatic amines is 1. The van der Waals surface area contributed by atoms with Crippen LogP contribution in [0, 0.1) is 6.92 Å². The maximum atomic E-state index is 6.21. The van der Waals surface area contributed by atoms with Crippen molar-refractivity contribution in [1.29, 1.82) is 0 Å². The molecule has 1 heterocycles. The van der Waals surface area contributed by atoms with Gasteiger partial charge >= 0.3 is 0 Å². The molecule has 0 radical (unpaired) electrons. The monoisotopic (exact) mass is 241 g/mol. The fraction of sp³-hybridized carbons (Fsp3) is 0.0667. The Labute approximate surface area is 105 Å². The summed E-state index contributed by atoms with van der Waals surface area (Å²) in [6, 6.07) is 16.3. The number of fused-ring (bicyclic) bond motifs is 1. The number of hydrogen-bond acceptors (Lipinski definition) is 0. The minimum atomic E-state index is 0.775. The fourth-order valence-electron chi connectivity index (χ4n) is 2.13. The Bertz CT molecular complexity index is 682.